The van der Waals surface area contributed by atoms with Gasteiger partial charge in [-0.3, -0.25) is 9.83 Å². The van der Waals surface area contributed by atoms with Crippen molar-refractivity contribution in [2.75, 3.05) is 35.2 Å². The average molecular weight is 1350 g/mol. The minimum absolute atomic E-state index is 0.206. The predicted molar refractivity (Wildman–Crippen MR) is 354 cm³/mol. The maximum absolute atomic E-state index is 13.0. The highest BCUT2D eigenvalue weighted by Crippen LogP contribution is 2.50. The minimum Gasteiger partial charge on any atom is -0.748 e. The molecule has 1 atom stereocenters. The highest BCUT2D eigenvalue weighted by atomic mass is 35.5. The maximum atomic E-state index is 13.0. The zero-order chi connectivity index (χ0) is 62.1. The van der Waals surface area contributed by atoms with Gasteiger partial charge in [-0.05, 0) is 146 Å². The third-order valence-electron chi connectivity index (χ3n) is 15.5. The van der Waals surface area contributed by atoms with Crippen molar-refractivity contribution in [3.05, 3.63) is 200 Å². The van der Waals surface area contributed by atoms with Crippen molar-refractivity contribution < 1.29 is 59.2 Å². The molecule has 8 aromatic rings. The molecule has 23 heteroatoms. The van der Waals surface area contributed by atoms with Crippen LogP contribution in [0.3, 0.4) is 0 Å². The number of aryl methyl sites for hydroxylation is 2. The number of thioether (sulfide) groups is 2. The Morgan fingerprint density at radius 3 is 2.28 bits per heavy atom. The Hall–Kier alpha value is -6.09. The Balaban J connectivity index is 0.700. The van der Waals surface area contributed by atoms with Crippen LogP contribution in [0, 0.1) is 0 Å². The highest BCUT2D eigenvalue weighted by molar-refractivity contribution is 8.04. The Kier molecular flexibility index (Phi) is 21.3. The van der Waals surface area contributed by atoms with E-state index in [1.807, 2.05) is 95.4 Å². The van der Waals surface area contributed by atoms with Gasteiger partial charge in [-0.1, -0.05) is 143 Å². The molecular weight excluding hydrogens is 1280 g/mol. The number of esters is 1. The molecule has 462 valence electrons. The summed E-state index contributed by atoms with van der Waals surface area (Å²) in [6, 6.07) is 39.2. The van der Waals surface area contributed by atoms with Gasteiger partial charge in [0.2, 0.25) is 11.0 Å². The summed E-state index contributed by atoms with van der Waals surface area (Å²) in [4.78, 5) is 19.7. The molecule has 2 aromatic heterocycles. The second-order valence-corrected chi connectivity index (χ2v) is 30.0. The average Bonchev–Trinajstić information content (AvgIpc) is 2.67. The summed E-state index contributed by atoms with van der Waals surface area (Å²) in [6.07, 6.45) is 23.2. The van der Waals surface area contributed by atoms with Crippen LogP contribution in [0.25, 0.3) is 43.4 Å². The van der Waals surface area contributed by atoms with Crippen LogP contribution in [0.15, 0.2) is 199 Å². The number of ether oxygens (including phenoxy) is 1. The van der Waals surface area contributed by atoms with Crippen molar-refractivity contribution in [1.29, 1.82) is 0 Å². The quantitative estimate of drug-likeness (QED) is 0.00725. The van der Waals surface area contributed by atoms with Gasteiger partial charge in [0, 0.05) is 69.6 Å². The van der Waals surface area contributed by atoms with Crippen LogP contribution >= 0.6 is 69.8 Å². The molecule has 1 aliphatic carbocycles. The van der Waals surface area contributed by atoms with E-state index in [9.17, 15) is 36.0 Å². The van der Waals surface area contributed by atoms with Gasteiger partial charge >= 0.3 is 5.97 Å². The number of unbranched alkanes of at least 4 members (excludes halogenated alkanes) is 4. The number of thiazole rings is 2. The molecule has 6 aromatic carbocycles. The molecule has 2 aliphatic heterocycles. The van der Waals surface area contributed by atoms with Crippen LogP contribution in [0.4, 0.5) is 11.4 Å². The second kappa shape index (κ2) is 29.5. The lowest BCUT2D eigenvalue weighted by Gasteiger charge is -2.25. The number of nitrogens with zero attached hydrogens (tertiary/aromatic N) is 4. The number of fused-ring (bicyclic) bond motifs is 6. The lowest BCUT2D eigenvalue weighted by molar-refractivity contribution is -0.777. The number of rotatable bonds is 26. The zero-order valence-corrected chi connectivity index (χ0v) is 54.8. The van der Waals surface area contributed by atoms with Crippen molar-refractivity contribution >= 4 is 151 Å². The normalized spacial score (nSPS) is 16.8. The summed E-state index contributed by atoms with van der Waals surface area (Å²) in [5.74, 6) is -0.490. The lowest BCUT2D eigenvalue weighted by Crippen LogP contribution is -2.36. The van der Waals surface area contributed by atoms with E-state index in [-0.39, 0.29) is 29.6 Å². The smallest absolute Gasteiger partial charge is 0.305 e. The van der Waals surface area contributed by atoms with E-state index in [0.717, 1.165) is 134 Å². The fourth-order valence-electron chi connectivity index (χ4n) is 11.3. The third-order valence-corrected chi connectivity index (χ3v) is 22.5. The number of anilines is 2. The van der Waals surface area contributed by atoms with Crippen LogP contribution < -0.4 is 24.2 Å². The summed E-state index contributed by atoms with van der Waals surface area (Å²) < 4.78 is 88.0. The summed E-state index contributed by atoms with van der Waals surface area (Å²) >= 11 is 14.0. The Morgan fingerprint density at radius 1 is 0.742 bits per heavy atom. The van der Waals surface area contributed by atoms with Gasteiger partial charge < -0.3 is 28.9 Å². The number of hydrogen-bond donors (Lipinski definition) is 0. The number of allylic oxidation sites excluding steroid dienone is 8. The van der Waals surface area contributed by atoms with E-state index in [2.05, 4.69) is 91.7 Å². The number of hydrogen-bond acceptors (Lipinski definition) is 18. The molecule has 0 saturated heterocycles. The van der Waals surface area contributed by atoms with Gasteiger partial charge in [0.15, 0.2) is 6.54 Å². The molecule has 89 heavy (non-hydrogen) atoms. The van der Waals surface area contributed by atoms with Crippen LogP contribution in [-0.2, 0) is 52.7 Å². The Labute approximate surface area is 543 Å². The van der Waals surface area contributed by atoms with Crippen molar-refractivity contribution in [2.24, 2.45) is 7.05 Å². The molecule has 0 N–H and O–H groups in total. The van der Waals surface area contributed by atoms with E-state index in [4.69, 9.17) is 16.3 Å². The fourth-order valence-corrected chi connectivity index (χ4v) is 17.3. The minimum atomic E-state index is -4.69. The second-order valence-electron chi connectivity index (χ2n) is 21.7. The standard InChI is InChI=1S/C66H63ClN4O11S7/c1-68-54-43-51(87-82-81-73)26-30-57(54)83-61(68)21-8-5-9-22-62-69(56-44-52(89(77,78)79)27-31-59(56)84-62)33-14-12-23-65(72)80-35-15-3-2-13-32-70-55-42-50(67)25-29-58(55)85-63(70)40-45-37-46(39-49(38-45)47-17-6-4-7-18-47)41-64-71(34-16-36-88(74,75)76)66-53-20-11-10-19-48(53)24-28-60(66)86-64/h4-11,17-22,24-31,37,40-44,49H,2-3,12-16,23,32-36,38-39H2,1H3,(H-2,73,74,75,76,77,78,79)/p-1. The molecule has 4 heterocycles. The molecule has 0 fully saturated rings. The van der Waals surface area contributed by atoms with Gasteiger partial charge in [0.1, 0.15) is 26.6 Å². The van der Waals surface area contributed by atoms with Crippen LogP contribution in [-0.4, -0.2) is 57.4 Å². The molecule has 0 bridgehead atoms. The van der Waals surface area contributed by atoms with E-state index >= 15 is 0 Å². The van der Waals surface area contributed by atoms with E-state index < -0.39 is 26.0 Å². The predicted octanol–water partition coefficient (Wildman–Crippen LogP) is 14.4. The Morgan fingerprint density at radius 2 is 1.47 bits per heavy atom. The Bertz CT molecular complexity index is 4370. The van der Waals surface area contributed by atoms with Gasteiger partial charge in [0.25, 0.3) is 10.0 Å². The number of carbonyl (C=O) groups excluding carboxylic acids is 1. The van der Waals surface area contributed by atoms with Gasteiger partial charge in [-0.2, -0.15) is 13.5 Å². The van der Waals surface area contributed by atoms with Crippen LogP contribution in [0.1, 0.15) is 85.7 Å². The van der Waals surface area contributed by atoms with Crippen molar-refractivity contribution in [3.8, 4) is 0 Å². The monoisotopic (exact) mass is 1350 g/mol. The van der Waals surface area contributed by atoms with E-state index in [1.165, 1.54) is 35.0 Å². The maximum Gasteiger partial charge on any atom is 0.305 e. The van der Waals surface area contributed by atoms with Crippen molar-refractivity contribution in [1.82, 2.24) is 0 Å². The van der Waals surface area contributed by atoms with E-state index in [0.29, 0.717) is 43.2 Å². The fraction of sp³-hybridized carbons (Fsp3) is 0.258. The first-order valence-corrected chi connectivity index (χ1v) is 36.4. The molecule has 0 amide bonds. The summed E-state index contributed by atoms with van der Waals surface area (Å²) in [7, 11) is -7.12. The largest absolute Gasteiger partial charge is 0.748 e. The number of aromatic nitrogens is 2. The molecule has 1 unspecified atom stereocenters. The molecule has 0 saturated carbocycles. The molecule has 0 spiro atoms. The zero-order valence-electron chi connectivity index (χ0n) is 48.4. The molecule has 11 rings (SSSR count). The summed E-state index contributed by atoms with van der Waals surface area (Å²) in [6.45, 7) is 1.96. The molecule has 0 radical (unpaired) electrons. The number of carbonyl (C=O) groups is 1. The SMILES string of the molecule is C[n+]1c(C=CC=CC=C2Sc3ccc(S(=O)(=O)[O-])cc3N2CCCCC(=O)OCCCCCCN2/C(=C/C3=CC(=C/c4sc5ccc6ccccc6c5[n+]4CCCS(=O)(=O)[O-])/CC(c4ccccc4)C3)Sc3ccc(Cl)cc32)sc2ccc(SOO[O-])cc21. The molecule has 3 aliphatic rings. The van der Waals surface area contributed by atoms with Crippen LogP contribution in [0.5, 0.6) is 0 Å². The van der Waals surface area contributed by atoms with Crippen LogP contribution in [0.2, 0.25) is 5.02 Å². The summed E-state index contributed by atoms with van der Waals surface area (Å²) in [5.41, 5.74) is 7.31. The number of halogens is 1. The number of benzene rings is 6. The first-order valence-electron chi connectivity index (χ1n) is 29.1. The molecular formula is C66H62ClN4O11S7-. The molecule has 15 nitrogen and oxygen atoms in total. The van der Waals surface area contributed by atoms with Gasteiger partial charge in [-0.15, -0.1) is 0 Å². The van der Waals surface area contributed by atoms with Crippen molar-refractivity contribution in [2.45, 2.75) is 96.3 Å². The van der Waals surface area contributed by atoms with Gasteiger partial charge in [-0.25, -0.2) is 16.8 Å². The lowest BCUT2D eigenvalue weighted by atomic mass is 9.81. The summed E-state index contributed by atoms with van der Waals surface area (Å²) in [5, 5.41) is 20.6. The highest BCUT2D eigenvalue weighted by Gasteiger charge is 2.30. The first-order chi connectivity index (χ1) is 43.0. The topological polar surface area (TPSA) is 196 Å². The van der Waals surface area contributed by atoms with E-state index in [1.54, 1.807) is 40.5 Å². The first kappa shape index (κ1) is 64.4. The van der Waals surface area contributed by atoms with Gasteiger partial charge in [0.05, 0.1) is 60.5 Å². The van der Waals surface area contributed by atoms with Crippen molar-refractivity contribution in [3.63, 3.8) is 0 Å². The third kappa shape index (κ3) is 16.3.